The number of nitrogens with one attached hydrogen (secondary N) is 1. The van der Waals surface area contributed by atoms with Gasteiger partial charge in [-0.05, 0) is 92.2 Å². The van der Waals surface area contributed by atoms with Crippen LogP contribution >= 0.6 is 15.9 Å². The fourth-order valence-electron chi connectivity index (χ4n) is 2.80. The fraction of sp³-hybridized carbons (Fsp3) is 0.455. The Hall–Kier alpha value is -1.56. The van der Waals surface area contributed by atoms with Crippen LogP contribution in [0.1, 0.15) is 30.0 Å². The van der Waals surface area contributed by atoms with Gasteiger partial charge in [-0.25, -0.2) is 0 Å². The highest BCUT2D eigenvalue weighted by Gasteiger charge is 2.13. The lowest BCUT2D eigenvalue weighted by molar-refractivity contribution is 0.267. The minimum atomic E-state index is 0.521. The second-order valence-corrected chi connectivity index (χ2v) is 7.74. The third-order valence-corrected chi connectivity index (χ3v) is 4.88. The summed E-state index contributed by atoms with van der Waals surface area (Å²) in [5.41, 5.74) is 3.59. The van der Waals surface area contributed by atoms with Crippen LogP contribution < -0.4 is 14.8 Å². The van der Waals surface area contributed by atoms with Gasteiger partial charge >= 0.3 is 0 Å². The Morgan fingerprint density at radius 3 is 2.59 bits per heavy atom. The van der Waals surface area contributed by atoms with E-state index in [1.54, 1.807) is 0 Å². The van der Waals surface area contributed by atoms with Gasteiger partial charge in [0, 0.05) is 6.54 Å². The molecule has 0 aromatic heterocycles. The zero-order chi connectivity index (χ0) is 19.6. The van der Waals surface area contributed by atoms with Crippen LogP contribution in [-0.4, -0.2) is 38.7 Å². The van der Waals surface area contributed by atoms with Gasteiger partial charge in [-0.2, -0.15) is 0 Å². The average molecular weight is 435 g/mol. The van der Waals surface area contributed by atoms with Crippen LogP contribution in [0, 0.1) is 6.92 Å². The van der Waals surface area contributed by atoms with Crippen LogP contribution in [0.5, 0.6) is 11.5 Å². The molecular weight excluding hydrogens is 404 g/mol. The van der Waals surface area contributed by atoms with Crippen molar-refractivity contribution >= 4 is 15.9 Å². The lowest BCUT2D eigenvalue weighted by Crippen LogP contribution is -2.21. The van der Waals surface area contributed by atoms with E-state index in [4.69, 9.17) is 9.47 Å². The van der Waals surface area contributed by atoms with Gasteiger partial charge in [0.05, 0.1) is 11.1 Å². The van der Waals surface area contributed by atoms with Gasteiger partial charge in [0.2, 0.25) is 0 Å². The maximum atomic E-state index is 6.11. The highest BCUT2D eigenvalue weighted by Crippen LogP contribution is 2.37. The average Bonchev–Trinajstić information content (AvgIpc) is 2.62. The Morgan fingerprint density at radius 2 is 1.89 bits per heavy atom. The van der Waals surface area contributed by atoms with Crippen molar-refractivity contribution in [2.45, 2.75) is 33.4 Å². The van der Waals surface area contributed by atoms with E-state index in [1.165, 1.54) is 16.7 Å². The number of hydrogen-bond donors (Lipinski definition) is 1. The first-order valence-electron chi connectivity index (χ1n) is 9.49. The Bertz CT molecular complexity index is 719. The molecule has 1 N–H and O–H groups in total. The minimum absolute atomic E-state index is 0.521. The molecule has 0 aliphatic rings. The van der Waals surface area contributed by atoms with Crippen molar-refractivity contribution in [1.82, 2.24) is 10.2 Å². The molecule has 27 heavy (non-hydrogen) atoms. The lowest BCUT2D eigenvalue weighted by Gasteiger charge is -2.16. The molecule has 0 aliphatic carbocycles. The first kappa shape index (κ1) is 21.7. The number of rotatable bonds is 11. The first-order chi connectivity index (χ1) is 13.0. The summed E-state index contributed by atoms with van der Waals surface area (Å²) in [4.78, 5) is 2.20. The van der Waals surface area contributed by atoms with E-state index in [2.05, 4.69) is 71.4 Å². The van der Waals surface area contributed by atoms with Crippen LogP contribution in [0.2, 0.25) is 0 Å². The van der Waals surface area contributed by atoms with E-state index in [-0.39, 0.29) is 0 Å². The molecule has 0 heterocycles. The number of ether oxygens (including phenoxy) is 2. The molecule has 0 unspecified atom stereocenters. The number of halogens is 1. The van der Waals surface area contributed by atoms with Crippen molar-refractivity contribution in [3.63, 3.8) is 0 Å². The molecule has 2 aromatic rings. The number of benzene rings is 2. The molecule has 0 spiro atoms. The van der Waals surface area contributed by atoms with Crippen LogP contribution in [0.25, 0.3) is 0 Å². The summed E-state index contributed by atoms with van der Waals surface area (Å²) in [7, 11) is 4.20. The van der Waals surface area contributed by atoms with Crippen molar-refractivity contribution in [3.8, 4) is 11.5 Å². The zero-order valence-corrected chi connectivity index (χ0v) is 18.4. The normalized spacial score (nSPS) is 11.0. The van der Waals surface area contributed by atoms with Crippen LogP contribution in [0.3, 0.4) is 0 Å². The molecule has 0 amide bonds. The van der Waals surface area contributed by atoms with Crippen LogP contribution in [-0.2, 0) is 13.2 Å². The Labute approximate surface area is 172 Å². The first-order valence-corrected chi connectivity index (χ1v) is 10.3. The summed E-state index contributed by atoms with van der Waals surface area (Å²) >= 11 is 3.66. The third kappa shape index (κ3) is 7.17. The number of aryl methyl sites for hydroxylation is 1. The van der Waals surface area contributed by atoms with Crippen molar-refractivity contribution in [3.05, 3.63) is 57.6 Å². The van der Waals surface area contributed by atoms with Crippen molar-refractivity contribution in [2.24, 2.45) is 0 Å². The fourth-order valence-corrected chi connectivity index (χ4v) is 3.41. The van der Waals surface area contributed by atoms with Crippen molar-refractivity contribution < 1.29 is 9.47 Å². The summed E-state index contributed by atoms with van der Waals surface area (Å²) in [6.45, 7) is 8.11. The smallest absolute Gasteiger partial charge is 0.175 e. The van der Waals surface area contributed by atoms with Gasteiger partial charge in [-0.3, -0.25) is 0 Å². The zero-order valence-electron chi connectivity index (χ0n) is 16.8. The van der Waals surface area contributed by atoms with Gasteiger partial charge in [0.1, 0.15) is 6.61 Å². The Morgan fingerprint density at radius 1 is 1.11 bits per heavy atom. The predicted molar refractivity (Wildman–Crippen MR) is 116 cm³/mol. The molecule has 5 heteroatoms. The molecule has 0 fully saturated rings. The highest BCUT2D eigenvalue weighted by molar-refractivity contribution is 9.10. The SMILES string of the molecule is CCOc1cc(CNCCCN(C)C)cc(Br)c1OCc1ccccc1C. The summed E-state index contributed by atoms with van der Waals surface area (Å²) in [5, 5.41) is 3.49. The quantitative estimate of drug-likeness (QED) is 0.516. The minimum Gasteiger partial charge on any atom is -0.490 e. The molecule has 4 nitrogen and oxygen atoms in total. The Kier molecular flexibility index (Phi) is 9.11. The standard InChI is InChI=1S/C22H31BrN2O2/c1-5-26-21-14-18(15-24-11-8-12-25(3)4)13-20(23)22(21)27-16-19-10-7-6-9-17(19)2/h6-7,9-10,13-14,24H,5,8,11-12,15-16H2,1-4H3. The molecule has 0 atom stereocenters. The summed E-state index contributed by atoms with van der Waals surface area (Å²) in [6, 6.07) is 12.4. The van der Waals surface area contributed by atoms with Gasteiger partial charge in [0.15, 0.2) is 11.5 Å². The number of nitrogens with zero attached hydrogens (tertiary/aromatic N) is 1. The Balaban J connectivity index is 2.03. The topological polar surface area (TPSA) is 33.7 Å². The second-order valence-electron chi connectivity index (χ2n) is 6.89. The largest absolute Gasteiger partial charge is 0.490 e. The van der Waals surface area contributed by atoms with Gasteiger partial charge < -0.3 is 19.7 Å². The van der Waals surface area contributed by atoms with Gasteiger partial charge in [-0.1, -0.05) is 24.3 Å². The predicted octanol–water partition coefficient (Wildman–Crippen LogP) is 4.78. The molecule has 2 aromatic carbocycles. The van der Waals surface area contributed by atoms with E-state index in [9.17, 15) is 0 Å². The molecule has 148 valence electrons. The van der Waals surface area contributed by atoms with Crippen LogP contribution in [0.4, 0.5) is 0 Å². The van der Waals surface area contributed by atoms with E-state index in [1.807, 2.05) is 19.1 Å². The molecule has 0 bridgehead atoms. The van der Waals surface area contributed by atoms with E-state index >= 15 is 0 Å². The van der Waals surface area contributed by atoms with Gasteiger partial charge in [0.25, 0.3) is 0 Å². The molecule has 0 saturated heterocycles. The molecule has 0 saturated carbocycles. The van der Waals surface area contributed by atoms with Gasteiger partial charge in [-0.15, -0.1) is 0 Å². The summed E-state index contributed by atoms with van der Waals surface area (Å²) < 4.78 is 12.9. The van der Waals surface area contributed by atoms with Crippen molar-refractivity contribution in [2.75, 3.05) is 33.8 Å². The van der Waals surface area contributed by atoms with Crippen molar-refractivity contribution in [1.29, 1.82) is 0 Å². The third-order valence-electron chi connectivity index (χ3n) is 4.29. The molecule has 0 aliphatic heterocycles. The lowest BCUT2D eigenvalue weighted by atomic mass is 10.1. The number of hydrogen-bond acceptors (Lipinski definition) is 4. The highest BCUT2D eigenvalue weighted by atomic mass is 79.9. The van der Waals surface area contributed by atoms with E-state index < -0.39 is 0 Å². The van der Waals surface area contributed by atoms with Crippen LogP contribution in [0.15, 0.2) is 40.9 Å². The van der Waals surface area contributed by atoms with E-state index in [0.717, 1.165) is 42.0 Å². The van der Waals surface area contributed by atoms with E-state index in [0.29, 0.717) is 13.2 Å². The molecule has 2 rings (SSSR count). The summed E-state index contributed by atoms with van der Waals surface area (Å²) in [5.74, 6) is 1.54. The monoisotopic (exact) mass is 434 g/mol. The summed E-state index contributed by atoms with van der Waals surface area (Å²) in [6.07, 6.45) is 1.13. The second kappa shape index (κ2) is 11.3. The molecular formula is C22H31BrN2O2. The maximum absolute atomic E-state index is 6.11. The molecule has 0 radical (unpaired) electrons. The maximum Gasteiger partial charge on any atom is 0.175 e.